The summed E-state index contributed by atoms with van der Waals surface area (Å²) < 4.78 is 0. The Bertz CT molecular complexity index is 869. The second-order valence-corrected chi connectivity index (χ2v) is 6.15. The van der Waals surface area contributed by atoms with Crippen molar-refractivity contribution in [3.05, 3.63) is 46.1 Å². The van der Waals surface area contributed by atoms with Gasteiger partial charge in [0.2, 0.25) is 0 Å². The first kappa shape index (κ1) is 14.5. The molecule has 5 nitrogen and oxygen atoms in total. The van der Waals surface area contributed by atoms with E-state index in [4.69, 9.17) is 0 Å². The summed E-state index contributed by atoms with van der Waals surface area (Å²) in [5.41, 5.74) is 2.78. The number of aromatic carboxylic acids is 1. The van der Waals surface area contributed by atoms with Gasteiger partial charge in [0, 0.05) is 5.69 Å². The molecule has 2 aromatic heterocycles. The van der Waals surface area contributed by atoms with Crippen LogP contribution in [0.3, 0.4) is 0 Å². The summed E-state index contributed by atoms with van der Waals surface area (Å²) in [6.07, 6.45) is 0. The smallest absolute Gasteiger partial charge is 0.346 e. The molecule has 22 heavy (non-hydrogen) atoms. The molecule has 0 saturated heterocycles. The van der Waals surface area contributed by atoms with Crippen molar-refractivity contribution in [3.63, 3.8) is 0 Å². The van der Waals surface area contributed by atoms with Crippen LogP contribution in [0.25, 0.3) is 10.2 Å². The summed E-state index contributed by atoms with van der Waals surface area (Å²) in [5, 5.41) is 13.3. The van der Waals surface area contributed by atoms with Crippen LogP contribution in [-0.2, 0) is 0 Å². The van der Waals surface area contributed by atoms with Crippen LogP contribution in [0.4, 0.5) is 11.5 Å². The molecule has 3 rings (SSSR count). The number of aryl methyl sites for hydroxylation is 3. The Hall–Kier alpha value is -2.47. The van der Waals surface area contributed by atoms with E-state index in [1.54, 1.807) is 13.8 Å². The minimum absolute atomic E-state index is 0.307. The molecule has 0 aliphatic rings. The van der Waals surface area contributed by atoms with Crippen LogP contribution in [0, 0.1) is 20.8 Å². The number of carboxylic acid groups (broad SMARTS) is 1. The summed E-state index contributed by atoms with van der Waals surface area (Å²) in [4.78, 5) is 21.1. The van der Waals surface area contributed by atoms with Gasteiger partial charge in [-0.05, 0) is 38.5 Å². The molecule has 112 valence electrons. The minimum atomic E-state index is -0.931. The van der Waals surface area contributed by atoms with Crippen molar-refractivity contribution in [2.75, 3.05) is 5.32 Å². The molecule has 0 unspecified atom stereocenters. The third kappa shape index (κ3) is 2.53. The zero-order chi connectivity index (χ0) is 15.9. The average molecular weight is 313 g/mol. The quantitative estimate of drug-likeness (QED) is 0.762. The van der Waals surface area contributed by atoms with Crippen molar-refractivity contribution >= 4 is 39.0 Å². The number of hydrogen-bond donors (Lipinski definition) is 2. The van der Waals surface area contributed by atoms with Crippen LogP contribution < -0.4 is 5.32 Å². The second-order valence-electron chi connectivity index (χ2n) is 5.15. The van der Waals surface area contributed by atoms with Gasteiger partial charge >= 0.3 is 5.97 Å². The van der Waals surface area contributed by atoms with Crippen molar-refractivity contribution in [1.82, 2.24) is 9.97 Å². The summed E-state index contributed by atoms with van der Waals surface area (Å²) in [7, 11) is 0. The van der Waals surface area contributed by atoms with Crippen LogP contribution in [0.2, 0.25) is 0 Å². The number of fused-ring (bicyclic) bond motifs is 1. The number of aromatic nitrogens is 2. The Balaban J connectivity index is 2.15. The van der Waals surface area contributed by atoms with Gasteiger partial charge in [0.25, 0.3) is 0 Å². The van der Waals surface area contributed by atoms with E-state index in [0.717, 1.165) is 11.1 Å². The zero-order valence-corrected chi connectivity index (χ0v) is 13.3. The van der Waals surface area contributed by atoms with Gasteiger partial charge in [-0.2, -0.15) is 0 Å². The maximum absolute atomic E-state index is 11.3. The van der Waals surface area contributed by atoms with Gasteiger partial charge in [-0.3, -0.25) is 0 Å². The molecule has 0 saturated carbocycles. The van der Waals surface area contributed by atoms with E-state index in [2.05, 4.69) is 15.3 Å². The summed E-state index contributed by atoms with van der Waals surface area (Å²) in [6.45, 7) is 5.62. The fourth-order valence-electron chi connectivity index (χ4n) is 2.31. The molecule has 0 aliphatic heterocycles. The Labute approximate surface area is 131 Å². The van der Waals surface area contributed by atoms with Crippen molar-refractivity contribution in [2.45, 2.75) is 20.8 Å². The third-order valence-corrected chi connectivity index (χ3v) is 4.58. The fraction of sp³-hybridized carbons (Fsp3) is 0.188. The minimum Gasteiger partial charge on any atom is -0.477 e. The lowest BCUT2D eigenvalue weighted by Crippen LogP contribution is -1.99. The number of thiophene rings is 1. The maximum Gasteiger partial charge on any atom is 0.346 e. The molecule has 0 bridgehead atoms. The molecule has 0 radical (unpaired) electrons. The highest BCUT2D eigenvalue weighted by Crippen LogP contribution is 2.35. The molecular formula is C16H15N3O2S. The van der Waals surface area contributed by atoms with Crippen LogP contribution in [0.5, 0.6) is 0 Å². The Morgan fingerprint density at radius 1 is 1.14 bits per heavy atom. The van der Waals surface area contributed by atoms with Gasteiger partial charge < -0.3 is 10.4 Å². The van der Waals surface area contributed by atoms with E-state index in [9.17, 15) is 9.90 Å². The molecular weight excluding hydrogens is 298 g/mol. The Morgan fingerprint density at radius 3 is 2.45 bits per heavy atom. The first-order valence-electron chi connectivity index (χ1n) is 6.80. The standard InChI is InChI=1S/C16H15N3O2S/c1-8-4-6-11(7-5-8)19-14-12-9(2)13(16(20)21)22-15(12)18-10(3)17-14/h4-7H,1-3H3,(H,20,21)(H,17,18,19). The monoisotopic (exact) mass is 313 g/mol. The van der Waals surface area contributed by atoms with E-state index >= 15 is 0 Å². The largest absolute Gasteiger partial charge is 0.477 e. The number of rotatable bonds is 3. The normalized spacial score (nSPS) is 10.9. The van der Waals surface area contributed by atoms with Crippen molar-refractivity contribution < 1.29 is 9.90 Å². The highest BCUT2D eigenvalue weighted by Gasteiger charge is 2.19. The number of carboxylic acids is 1. The molecule has 0 fully saturated rings. The first-order valence-corrected chi connectivity index (χ1v) is 7.62. The van der Waals surface area contributed by atoms with E-state index < -0.39 is 5.97 Å². The van der Waals surface area contributed by atoms with Crippen LogP contribution in [0.1, 0.15) is 26.6 Å². The molecule has 0 amide bonds. The van der Waals surface area contributed by atoms with Gasteiger partial charge in [-0.25, -0.2) is 14.8 Å². The lowest BCUT2D eigenvalue weighted by Gasteiger charge is -2.08. The van der Waals surface area contributed by atoms with Crippen molar-refractivity contribution in [3.8, 4) is 0 Å². The molecule has 2 N–H and O–H groups in total. The third-order valence-electron chi connectivity index (χ3n) is 3.41. The van der Waals surface area contributed by atoms with Gasteiger partial charge in [0.15, 0.2) is 0 Å². The predicted octanol–water partition coefficient (Wildman–Crippen LogP) is 4.06. The summed E-state index contributed by atoms with van der Waals surface area (Å²) >= 11 is 1.18. The van der Waals surface area contributed by atoms with Gasteiger partial charge in [-0.15, -0.1) is 11.3 Å². The highest BCUT2D eigenvalue weighted by molar-refractivity contribution is 7.20. The number of hydrogen-bond acceptors (Lipinski definition) is 5. The van der Waals surface area contributed by atoms with Crippen LogP contribution in [-0.4, -0.2) is 21.0 Å². The van der Waals surface area contributed by atoms with E-state index in [1.165, 1.54) is 16.9 Å². The van der Waals surface area contributed by atoms with Gasteiger partial charge in [0.1, 0.15) is 21.3 Å². The summed E-state index contributed by atoms with van der Waals surface area (Å²) in [5.74, 6) is 0.326. The fourth-order valence-corrected chi connectivity index (χ4v) is 3.38. The number of benzene rings is 1. The Kier molecular flexibility index (Phi) is 3.54. The molecule has 6 heteroatoms. The molecule has 3 aromatic rings. The second kappa shape index (κ2) is 5.38. The summed E-state index contributed by atoms with van der Waals surface area (Å²) in [6, 6.07) is 7.96. The molecule has 0 spiro atoms. The molecule has 0 aliphatic carbocycles. The van der Waals surface area contributed by atoms with E-state index in [0.29, 0.717) is 26.9 Å². The topological polar surface area (TPSA) is 75.1 Å². The van der Waals surface area contributed by atoms with Gasteiger partial charge in [-0.1, -0.05) is 17.7 Å². The van der Waals surface area contributed by atoms with Gasteiger partial charge in [0.05, 0.1) is 5.39 Å². The number of nitrogens with one attached hydrogen (secondary N) is 1. The molecule has 0 atom stereocenters. The highest BCUT2D eigenvalue weighted by atomic mass is 32.1. The molecule has 2 heterocycles. The Morgan fingerprint density at radius 2 is 1.82 bits per heavy atom. The van der Waals surface area contributed by atoms with Crippen molar-refractivity contribution in [1.29, 1.82) is 0 Å². The van der Waals surface area contributed by atoms with Crippen LogP contribution in [0.15, 0.2) is 24.3 Å². The SMILES string of the molecule is Cc1ccc(Nc2nc(C)nc3sc(C(=O)O)c(C)c23)cc1. The molecule has 1 aromatic carbocycles. The number of anilines is 2. The number of carbonyl (C=O) groups is 1. The first-order chi connectivity index (χ1) is 10.5. The lowest BCUT2D eigenvalue weighted by atomic mass is 10.2. The lowest BCUT2D eigenvalue weighted by molar-refractivity contribution is 0.0701. The van der Waals surface area contributed by atoms with Crippen molar-refractivity contribution in [2.24, 2.45) is 0 Å². The number of nitrogens with zero attached hydrogens (tertiary/aromatic N) is 2. The predicted molar refractivity (Wildman–Crippen MR) is 88.3 cm³/mol. The van der Waals surface area contributed by atoms with E-state index in [1.807, 2.05) is 31.2 Å². The zero-order valence-electron chi connectivity index (χ0n) is 12.5. The maximum atomic E-state index is 11.3. The van der Waals surface area contributed by atoms with E-state index in [-0.39, 0.29) is 0 Å². The van der Waals surface area contributed by atoms with Crippen LogP contribution >= 0.6 is 11.3 Å². The average Bonchev–Trinajstić information content (AvgIpc) is 2.78.